The molecule has 2 aliphatic rings. The Kier molecular flexibility index (Phi) is 7.49. The van der Waals surface area contributed by atoms with Gasteiger partial charge in [0.25, 0.3) is 0 Å². The van der Waals surface area contributed by atoms with Gasteiger partial charge in [0.1, 0.15) is 18.1 Å². The number of carbonyl (C=O) groups is 1. The Morgan fingerprint density at radius 3 is 2.43 bits per heavy atom. The third-order valence-corrected chi connectivity index (χ3v) is 7.70. The maximum absolute atomic E-state index is 12.4. The minimum atomic E-state index is -0.287. The molecule has 0 fully saturated rings. The highest BCUT2D eigenvalue weighted by Gasteiger charge is 2.37. The molecule has 1 aromatic heterocycles. The van der Waals surface area contributed by atoms with Crippen molar-refractivity contribution >= 4 is 34.4 Å². The van der Waals surface area contributed by atoms with Crippen LogP contribution in [0.15, 0.2) is 52.6 Å². The van der Waals surface area contributed by atoms with Crippen LogP contribution in [-0.2, 0) is 16.6 Å². The maximum atomic E-state index is 12.4. The fraction of sp³-hybridized carbons (Fsp3) is 0.485. The molecule has 0 atom stereocenters. The smallest absolute Gasteiger partial charge is 0.221 e. The summed E-state index contributed by atoms with van der Waals surface area (Å²) < 4.78 is 6.07. The van der Waals surface area contributed by atoms with Crippen LogP contribution in [0, 0.1) is 5.41 Å². The van der Waals surface area contributed by atoms with Gasteiger partial charge in [0.15, 0.2) is 5.82 Å². The van der Waals surface area contributed by atoms with Gasteiger partial charge in [-0.1, -0.05) is 59.7 Å². The molecule has 0 aliphatic carbocycles. The molecule has 0 spiro atoms. The Labute approximate surface area is 249 Å². The van der Waals surface area contributed by atoms with Gasteiger partial charge in [0, 0.05) is 29.0 Å². The first-order chi connectivity index (χ1) is 19.6. The van der Waals surface area contributed by atoms with E-state index in [9.17, 15) is 4.79 Å². The van der Waals surface area contributed by atoms with Crippen LogP contribution in [0.4, 0.5) is 17.1 Å². The van der Waals surface area contributed by atoms with E-state index in [4.69, 9.17) is 19.8 Å². The predicted molar refractivity (Wildman–Crippen MR) is 170 cm³/mol. The van der Waals surface area contributed by atoms with E-state index in [0.717, 1.165) is 30.0 Å². The van der Waals surface area contributed by atoms with Crippen LogP contribution in [0.3, 0.4) is 0 Å². The van der Waals surface area contributed by atoms with E-state index in [2.05, 4.69) is 82.8 Å². The average Bonchev–Trinajstić information content (AvgIpc) is 3.46. The van der Waals surface area contributed by atoms with Gasteiger partial charge in [-0.2, -0.15) is 5.10 Å². The number of hydrogen-bond acceptors (Lipinski definition) is 7. The number of aryl methyl sites for hydroxylation is 1. The molecule has 0 saturated carbocycles. The molecule has 1 amide bonds. The fourth-order valence-corrected chi connectivity index (χ4v) is 5.37. The maximum Gasteiger partial charge on any atom is 0.221 e. The molecular formula is C33H43N7O2. The summed E-state index contributed by atoms with van der Waals surface area (Å²) in [5, 5.41) is 12.6. The number of ether oxygens (including phenoxy) is 1. The highest BCUT2D eigenvalue weighted by molar-refractivity contribution is 6.50. The molecule has 5 rings (SSSR count). The second kappa shape index (κ2) is 10.7. The molecule has 9 heteroatoms. The number of fused-ring (bicyclic) bond motifs is 2. The zero-order chi connectivity index (χ0) is 30.4. The van der Waals surface area contributed by atoms with Gasteiger partial charge in [-0.05, 0) is 56.5 Å². The third kappa shape index (κ3) is 5.96. The minimum Gasteiger partial charge on any atom is -0.492 e. The van der Waals surface area contributed by atoms with Crippen LogP contribution >= 0.6 is 0 Å². The van der Waals surface area contributed by atoms with Gasteiger partial charge < -0.3 is 15.0 Å². The first kappa shape index (κ1) is 29.5. The molecule has 3 aromatic rings. The van der Waals surface area contributed by atoms with Crippen LogP contribution in [0.2, 0.25) is 0 Å². The third-order valence-electron chi connectivity index (χ3n) is 7.70. The zero-order valence-electron chi connectivity index (χ0n) is 26.4. The van der Waals surface area contributed by atoms with Crippen LogP contribution in [0.5, 0.6) is 5.75 Å². The van der Waals surface area contributed by atoms with Gasteiger partial charge in [-0.15, -0.1) is 9.89 Å². The molecule has 222 valence electrons. The van der Waals surface area contributed by atoms with Crippen LogP contribution in [-0.4, -0.2) is 50.9 Å². The van der Waals surface area contributed by atoms with E-state index in [-0.39, 0.29) is 22.3 Å². The number of para-hydroxylation sites is 1. The summed E-state index contributed by atoms with van der Waals surface area (Å²) in [6, 6.07) is 14.1. The summed E-state index contributed by atoms with van der Waals surface area (Å²) in [6.45, 7) is 19.9. The van der Waals surface area contributed by atoms with E-state index < -0.39 is 0 Å². The summed E-state index contributed by atoms with van der Waals surface area (Å²) in [4.78, 5) is 26.4. The first-order valence-corrected chi connectivity index (χ1v) is 14.7. The predicted octanol–water partition coefficient (Wildman–Crippen LogP) is 6.53. The number of aromatic nitrogens is 3. The molecule has 9 nitrogen and oxygen atoms in total. The van der Waals surface area contributed by atoms with Crippen molar-refractivity contribution in [1.29, 1.82) is 0 Å². The Hall–Kier alpha value is -4.01. The quantitative estimate of drug-likeness (QED) is 0.364. The van der Waals surface area contributed by atoms with Crippen LogP contribution in [0.25, 0.3) is 0 Å². The van der Waals surface area contributed by atoms with Crippen molar-refractivity contribution in [2.45, 2.75) is 86.1 Å². The number of nitrogens with zero attached hydrogens (tertiary/aromatic N) is 6. The molecule has 0 radical (unpaired) electrons. The van der Waals surface area contributed by atoms with Crippen molar-refractivity contribution in [3.8, 4) is 5.75 Å². The van der Waals surface area contributed by atoms with E-state index in [0.29, 0.717) is 41.9 Å². The lowest BCUT2D eigenvalue weighted by molar-refractivity contribution is -0.114. The first-order valence-electron chi connectivity index (χ1n) is 14.7. The number of aliphatic imine (C=N–C) groups is 1. The molecule has 2 aromatic carbocycles. The van der Waals surface area contributed by atoms with Crippen LogP contribution in [0.1, 0.15) is 85.9 Å². The molecule has 0 bridgehead atoms. The lowest BCUT2D eigenvalue weighted by Gasteiger charge is -2.45. The molecule has 2 aliphatic heterocycles. The highest BCUT2D eigenvalue weighted by Crippen LogP contribution is 2.42. The Balaban J connectivity index is 1.57. The number of anilines is 2. The Morgan fingerprint density at radius 1 is 1.07 bits per heavy atom. The number of benzene rings is 2. The van der Waals surface area contributed by atoms with Crippen molar-refractivity contribution in [1.82, 2.24) is 14.9 Å². The number of nitrogens with one attached hydrogen (secondary N) is 1. The van der Waals surface area contributed by atoms with Crippen molar-refractivity contribution in [3.63, 3.8) is 0 Å². The summed E-state index contributed by atoms with van der Waals surface area (Å²) >= 11 is 0. The second-order valence-electron chi connectivity index (χ2n) is 13.9. The van der Waals surface area contributed by atoms with E-state index in [1.807, 2.05) is 30.3 Å². The molecule has 42 heavy (non-hydrogen) atoms. The molecule has 1 N–H and O–H groups in total. The zero-order valence-corrected chi connectivity index (χ0v) is 26.4. The van der Waals surface area contributed by atoms with E-state index in [1.54, 1.807) is 4.79 Å². The SMILES string of the molecule is CC(=O)Nc1cc2c(cc1N=C1C(C(C)(C)C)=Nn3nc(C(C)(C)C)nc31)CCC(C)(C)N2CCOc1ccccc1. The van der Waals surface area contributed by atoms with Crippen LogP contribution < -0.4 is 15.0 Å². The van der Waals surface area contributed by atoms with Crippen molar-refractivity contribution in [2.24, 2.45) is 15.5 Å². The summed E-state index contributed by atoms with van der Waals surface area (Å²) in [6.07, 6.45) is 1.89. The summed E-state index contributed by atoms with van der Waals surface area (Å²) in [5.74, 6) is 2.04. The van der Waals surface area contributed by atoms with Crippen molar-refractivity contribution < 1.29 is 9.53 Å². The van der Waals surface area contributed by atoms with E-state index >= 15 is 0 Å². The second-order valence-corrected chi connectivity index (χ2v) is 13.9. The lowest BCUT2D eigenvalue weighted by atomic mass is 9.86. The van der Waals surface area contributed by atoms with E-state index in [1.165, 1.54) is 12.5 Å². The number of amides is 1. The van der Waals surface area contributed by atoms with Gasteiger partial charge in [-0.25, -0.2) is 9.98 Å². The molecule has 3 heterocycles. The normalized spacial score (nSPS) is 17.1. The number of rotatable bonds is 6. The standard InChI is InChI=1S/C33H43N7O2/c1-21(41)34-25-20-26-22(15-16-33(8,9)39(26)17-18-42-23-13-11-10-12-14-23)19-24(25)35-27-28(31(2,3)4)37-40-29(27)36-30(38-40)32(5,6)7/h10-14,19-20H,15-18H2,1-9H3,(H,34,41). The molecular weight excluding hydrogens is 526 g/mol. The molecule has 0 unspecified atom stereocenters. The van der Waals surface area contributed by atoms with Crippen molar-refractivity contribution in [3.05, 3.63) is 59.7 Å². The highest BCUT2D eigenvalue weighted by atomic mass is 16.5. The molecule has 0 saturated heterocycles. The largest absolute Gasteiger partial charge is 0.492 e. The monoisotopic (exact) mass is 569 g/mol. The minimum absolute atomic E-state index is 0.0781. The van der Waals surface area contributed by atoms with Gasteiger partial charge in [0.2, 0.25) is 11.7 Å². The topological polar surface area (TPSA) is 97.0 Å². The number of carbonyl (C=O) groups excluding carboxylic acids is 1. The lowest BCUT2D eigenvalue weighted by Crippen LogP contribution is -2.49. The van der Waals surface area contributed by atoms with Crippen molar-refractivity contribution in [2.75, 3.05) is 23.4 Å². The Morgan fingerprint density at radius 2 is 1.79 bits per heavy atom. The van der Waals surface area contributed by atoms with Gasteiger partial charge in [-0.3, -0.25) is 4.79 Å². The van der Waals surface area contributed by atoms with Gasteiger partial charge in [0.05, 0.1) is 23.6 Å². The van der Waals surface area contributed by atoms with Gasteiger partial charge >= 0.3 is 0 Å². The number of hydrogen-bond donors (Lipinski definition) is 1. The summed E-state index contributed by atoms with van der Waals surface area (Å²) in [7, 11) is 0. The fourth-order valence-electron chi connectivity index (χ4n) is 5.37. The summed E-state index contributed by atoms with van der Waals surface area (Å²) in [5.41, 5.74) is 4.51. The average molecular weight is 570 g/mol. The Bertz CT molecular complexity index is 1550.